The van der Waals surface area contributed by atoms with Crippen LogP contribution >= 0.6 is 0 Å². The highest BCUT2D eigenvalue weighted by molar-refractivity contribution is 5.86. The van der Waals surface area contributed by atoms with Crippen LogP contribution in [0.5, 0.6) is 0 Å². The first-order valence-corrected chi connectivity index (χ1v) is 6.59. The van der Waals surface area contributed by atoms with Gasteiger partial charge < -0.3 is 10.0 Å². The van der Waals surface area contributed by atoms with Crippen LogP contribution in [-0.4, -0.2) is 38.8 Å². The molecule has 0 spiro atoms. The van der Waals surface area contributed by atoms with Gasteiger partial charge in [0.25, 0.3) is 0 Å². The van der Waals surface area contributed by atoms with Crippen LogP contribution in [0.15, 0.2) is 18.3 Å². The SMILES string of the molecule is O=C(O)c1cc2nccc(N3CCCCCC3)n2n1. The predicted molar refractivity (Wildman–Crippen MR) is 70.6 cm³/mol. The maximum atomic E-state index is 11.0. The topological polar surface area (TPSA) is 70.7 Å². The number of hydrogen-bond donors (Lipinski definition) is 1. The van der Waals surface area contributed by atoms with Gasteiger partial charge in [0.1, 0.15) is 5.82 Å². The number of carboxylic acid groups (broad SMARTS) is 1. The Kier molecular flexibility index (Phi) is 3.06. The van der Waals surface area contributed by atoms with E-state index in [1.54, 1.807) is 10.7 Å². The third-order valence-corrected chi connectivity index (χ3v) is 3.49. The first-order chi connectivity index (χ1) is 9.25. The molecule has 0 bridgehead atoms. The van der Waals surface area contributed by atoms with Crippen molar-refractivity contribution in [1.82, 2.24) is 14.6 Å². The summed E-state index contributed by atoms with van der Waals surface area (Å²) in [5.74, 6) is -0.0910. The van der Waals surface area contributed by atoms with Gasteiger partial charge in [-0.1, -0.05) is 12.8 Å². The molecule has 0 saturated carbocycles. The van der Waals surface area contributed by atoms with Crippen LogP contribution in [-0.2, 0) is 0 Å². The van der Waals surface area contributed by atoms with Gasteiger partial charge in [-0.15, -0.1) is 0 Å². The van der Waals surface area contributed by atoms with Gasteiger partial charge in [0.2, 0.25) is 0 Å². The summed E-state index contributed by atoms with van der Waals surface area (Å²) in [7, 11) is 0. The molecule has 1 aliphatic rings. The molecule has 1 saturated heterocycles. The van der Waals surface area contributed by atoms with Crippen molar-refractivity contribution in [1.29, 1.82) is 0 Å². The number of fused-ring (bicyclic) bond motifs is 1. The molecular formula is C13H16N4O2. The van der Waals surface area contributed by atoms with Crippen molar-refractivity contribution in [2.75, 3.05) is 18.0 Å². The van der Waals surface area contributed by atoms with Crippen molar-refractivity contribution in [3.8, 4) is 0 Å². The fourth-order valence-corrected chi connectivity index (χ4v) is 2.53. The average molecular weight is 260 g/mol. The van der Waals surface area contributed by atoms with Gasteiger partial charge in [0.15, 0.2) is 11.3 Å². The number of hydrogen-bond acceptors (Lipinski definition) is 4. The first-order valence-electron chi connectivity index (χ1n) is 6.59. The van der Waals surface area contributed by atoms with Gasteiger partial charge in [-0.25, -0.2) is 9.78 Å². The molecule has 0 atom stereocenters. The largest absolute Gasteiger partial charge is 0.476 e. The van der Waals surface area contributed by atoms with E-state index in [1.165, 1.54) is 18.9 Å². The lowest BCUT2D eigenvalue weighted by atomic mass is 10.2. The molecule has 19 heavy (non-hydrogen) atoms. The molecule has 6 nitrogen and oxygen atoms in total. The number of aromatic nitrogens is 3. The van der Waals surface area contributed by atoms with E-state index in [4.69, 9.17) is 5.11 Å². The lowest BCUT2D eigenvalue weighted by Gasteiger charge is -2.22. The second-order valence-electron chi connectivity index (χ2n) is 4.81. The van der Waals surface area contributed by atoms with Gasteiger partial charge in [-0.3, -0.25) is 0 Å². The van der Waals surface area contributed by atoms with Gasteiger partial charge >= 0.3 is 5.97 Å². The standard InChI is InChI=1S/C13H16N4O2/c18-13(19)10-9-11-14-6-5-12(17(11)15-10)16-7-3-1-2-4-8-16/h5-6,9H,1-4,7-8H2,(H,18,19). The zero-order chi connectivity index (χ0) is 13.2. The molecule has 0 aliphatic carbocycles. The van der Waals surface area contributed by atoms with E-state index in [0.717, 1.165) is 31.7 Å². The normalized spacial score (nSPS) is 16.5. The van der Waals surface area contributed by atoms with E-state index >= 15 is 0 Å². The Balaban J connectivity index is 2.04. The fraction of sp³-hybridized carbons (Fsp3) is 0.462. The summed E-state index contributed by atoms with van der Waals surface area (Å²) in [6.45, 7) is 1.97. The number of carbonyl (C=O) groups is 1. The summed E-state index contributed by atoms with van der Waals surface area (Å²) in [5.41, 5.74) is 0.619. The second-order valence-corrected chi connectivity index (χ2v) is 4.81. The molecule has 0 aromatic carbocycles. The minimum Gasteiger partial charge on any atom is -0.476 e. The van der Waals surface area contributed by atoms with Crippen molar-refractivity contribution in [3.63, 3.8) is 0 Å². The second kappa shape index (κ2) is 4.87. The summed E-state index contributed by atoms with van der Waals surface area (Å²) in [6.07, 6.45) is 6.55. The zero-order valence-electron chi connectivity index (χ0n) is 10.6. The van der Waals surface area contributed by atoms with Crippen LogP contribution in [0.25, 0.3) is 5.65 Å². The van der Waals surface area contributed by atoms with Crippen molar-refractivity contribution < 1.29 is 9.90 Å². The fourth-order valence-electron chi connectivity index (χ4n) is 2.53. The van der Waals surface area contributed by atoms with Crippen molar-refractivity contribution in [2.24, 2.45) is 0 Å². The van der Waals surface area contributed by atoms with E-state index in [0.29, 0.717) is 5.65 Å². The van der Waals surface area contributed by atoms with E-state index in [1.807, 2.05) is 6.07 Å². The number of carboxylic acids is 1. The van der Waals surface area contributed by atoms with Crippen LogP contribution in [0.2, 0.25) is 0 Å². The quantitative estimate of drug-likeness (QED) is 0.891. The Morgan fingerprint density at radius 2 is 1.95 bits per heavy atom. The smallest absolute Gasteiger partial charge is 0.356 e. The molecule has 6 heteroatoms. The molecule has 3 rings (SSSR count). The average Bonchev–Trinajstić information content (AvgIpc) is 2.67. The Morgan fingerprint density at radius 1 is 1.21 bits per heavy atom. The molecule has 1 aliphatic heterocycles. The zero-order valence-corrected chi connectivity index (χ0v) is 10.6. The van der Waals surface area contributed by atoms with E-state index in [9.17, 15) is 4.79 Å². The first kappa shape index (κ1) is 12.0. The maximum Gasteiger partial charge on any atom is 0.356 e. The van der Waals surface area contributed by atoms with Crippen LogP contribution in [0.4, 0.5) is 5.82 Å². The Morgan fingerprint density at radius 3 is 2.63 bits per heavy atom. The Hall–Kier alpha value is -2.11. The van der Waals surface area contributed by atoms with Gasteiger partial charge in [-0.05, 0) is 18.9 Å². The molecule has 0 amide bonds. The lowest BCUT2D eigenvalue weighted by molar-refractivity contribution is 0.0690. The van der Waals surface area contributed by atoms with Crippen LogP contribution < -0.4 is 4.90 Å². The van der Waals surface area contributed by atoms with Crippen molar-refractivity contribution in [2.45, 2.75) is 25.7 Å². The molecule has 1 fully saturated rings. The molecule has 0 radical (unpaired) electrons. The number of aromatic carboxylic acids is 1. The van der Waals surface area contributed by atoms with Crippen molar-refractivity contribution >= 4 is 17.4 Å². The molecule has 3 heterocycles. The predicted octanol–water partition coefficient (Wildman–Crippen LogP) is 1.81. The minimum absolute atomic E-state index is 0.0368. The lowest BCUT2D eigenvalue weighted by Crippen LogP contribution is -2.26. The molecule has 2 aromatic heterocycles. The molecular weight excluding hydrogens is 244 g/mol. The molecule has 100 valence electrons. The third-order valence-electron chi connectivity index (χ3n) is 3.49. The highest BCUT2D eigenvalue weighted by Crippen LogP contribution is 2.20. The van der Waals surface area contributed by atoms with Crippen LogP contribution in [0.1, 0.15) is 36.2 Å². The highest BCUT2D eigenvalue weighted by atomic mass is 16.4. The summed E-state index contributed by atoms with van der Waals surface area (Å²) >= 11 is 0. The van der Waals surface area contributed by atoms with E-state index < -0.39 is 5.97 Å². The number of rotatable bonds is 2. The number of nitrogens with zero attached hydrogens (tertiary/aromatic N) is 4. The third kappa shape index (κ3) is 2.25. The Labute approximate surface area is 110 Å². The summed E-state index contributed by atoms with van der Waals surface area (Å²) < 4.78 is 1.63. The maximum absolute atomic E-state index is 11.0. The van der Waals surface area contributed by atoms with Crippen LogP contribution in [0, 0.1) is 0 Å². The van der Waals surface area contributed by atoms with Crippen LogP contribution in [0.3, 0.4) is 0 Å². The number of anilines is 1. The van der Waals surface area contributed by atoms with Gasteiger partial charge in [0.05, 0.1) is 0 Å². The summed E-state index contributed by atoms with van der Waals surface area (Å²) in [5, 5.41) is 13.1. The molecule has 1 N–H and O–H groups in total. The molecule has 0 unspecified atom stereocenters. The minimum atomic E-state index is -1.02. The monoisotopic (exact) mass is 260 g/mol. The Bertz CT molecular complexity index is 600. The van der Waals surface area contributed by atoms with Gasteiger partial charge in [0, 0.05) is 25.4 Å². The molecule has 2 aromatic rings. The van der Waals surface area contributed by atoms with E-state index in [-0.39, 0.29) is 5.69 Å². The van der Waals surface area contributed by atoms with Gasteiger partial charge in [-0.2, -0.15) is 9.61 Å². The summed E-state index contributed by atoms with van der Waals surface area (Å²) in [6, 6.07) is 3.40. The highest BCUT2D eigenvalue weighted by Gasteiger charge is 2.16. The summed E-state index contributed by atoms with van der Waals surface area (Å²) in [4.78, 5) is 17.4. The van der Waals surface area contributed by atoms with Crippen molar-refractivity contribution in [3.05, 3.63) is 24.0 Å². The van der Waals surface area contributed by atoms with E-state index in [2.05, 4.69) is 15.0 Å².